The molecule has 0 spiro atoms. The topological polar surface area (TPSA) is 55.1 Å². The molecule has 0 radical (unpaired) electrons. The summed E-state index contributed by atoms with van der Waals surface area (Å²) in [5.74, 6) is -0.423. The lowest BCUT2D eigenvalue weighted by Crippen LogP contribution is -2.27. The van der Waals surface area contributed by atoms with Crippen molar-refractivity contribution in [1.82, 2.24) is 5.32 Å². The summed E-state index contributed by atoms with van der Waals surface area (Å²) >= 11 is 0. The largest absolute Gasteiger partial charge is 0.399 e. The van der Waals surface area contributed by atoms with E-state index in [1.807, 2.05) is 6.92 Å². The number of carbonyl (C=O) groups excluding carboxylic acids is 1. The average Bonchev–Trinajstić information content (AvgIpc) is 2.81. The van der Waals surface area contributed by atoms with Gasteiger partial charge in [0.05, 0.1) is 5.56 Å². The molecular formula is C11H13FN2O. The molecule has 3 N–H and O–H groups in total. The highest BCUT2D eigenvalue weighted by atomic mass is 19.1. The number of anilines is 1. The van der Waals surface area contributed by atoms with E-state index in [1.165, 1.54) is 12.1 Å². The minimum atomic E-state index is -0.569. The predicted octanol–water partition coefficient (Wildman–Crippen LogP) is 1.55. The van der Waals surface area contributed by atoms with Crippen molar-refractivity contribution in [1.29, 1.82) is 0 Å². The third-order valence-electron chi connectivity index (χ3n) is 2.66. The number of hydrogen-bond acceptors (Lipinski definition) is 2. The van der Waals surface area contributed by atoms with E-state index < -0.39 is 5.82 Å². The lowest BCUT2D eigenvalue weighted by atomic mass is 10.2. The summed E-state index contributed by atoms with van der Waals surface area (Å²) in [4.78, 5) is 11.6. The monoisotopic (exact) mass is 208 g/mol. The maximum Gasteiger partial charge on any atom is 0.254 e. The second-order valence-corrected chi connectivity index (χ2v) is 4.03. The molecule has 4 heteroatoms. The van der Waals surface area contributed by atoms with Crippen LogP contribution in [0.25, 0.3) is 0 Å². The third-order valence-corrected chi connectivity index (χ3v) is 2.66. The molecule has 0 heterocycles. The highest BCUT2D eigenvalue weighted by molar-refractivity contribution is 5.95. The quantitative estimate of drug-likeness (QED) is 0.724. The van der Waals surface area contributed by atoms with Crippen molar-refractivity contribution in [3.63, 3.8) is 0 Å². The van der Waals surface area contributed by atoms with E-state index in [2.05, 4.69) is 5.32 Å². The van der Waals surface area contributed by atoms with Gasteiger partial charge in [-0.05, 0) is 30.5 Å². The normalized spacial score (nSPS) is 23.6. The van der Waals surface area contributed by atoms with E-state index in [0.717, 1.165) is 12.5 Å². The van der Waals surface area contributed by atoms with Crippen molar-refractivity contribution >= 4 is 11.6 Å². The molecule has 0 aromatic heterocycles. The van der Waals surface area contributed by atoms with Gasteiger partial charge >= 0.3 is 0 Å². The summed E-state index contributed by atoms with van der Waals surface area (Å²) in [6, 6.07) is 4.29. The highest BCUT2D eigenvalue weighted by Crippen LogP contribution is 2.29. The fourth-order valence-electron chi connectivity index (χ4n) is 1.48. The van der Waals surface area contributed by atoms with E-state index in [9.17, 15) is 9.18 Å². The highest BCUT2D eigenvalue weighted by Gasteiger charge is 2.34. The van der Waals surface area contributed by atoms with Gasteiger partial charge in [0.1, 0.15) is 5.82 Å². The molecule has 1 aliphatic rings. The van der Waals surface area contributed by atoms with Crippen LogP contribution in [0.3, 0.4) is 0 Å². The summed E-state index contributed by atoms with van der Waals surface area (Å²) in [6.07, 6.45) is 0.975. The maximum atomic E-state index is 13.3. The molecule has 80 valence electrons. The fourth-order valence-corrected chi connectivity index (χ4v) is 1.48. The second kappa shape index (κ2) is 3.53. The lowest BCUT2D eigenvalue weighted by molar-refractivity contribution is 0.0945. The van der Waals surface area contributed by atoms with E-state index in [-0.39, 0.29) is 17.5 Å². The van der Waals surface area contributed by atoms with Crippen molar-refractivity contribution in [2.75, 3.05) is 5.73 Å². The zero-order valence-electron chi connectivity index (χ0n) is 8.46. The van der Waals surface area contributed by atoms with Gasteiger partial charge in [-0.25, -0.2) is 4.39 Å². The van der Waals surface area contributed by atoms with Crippen molar-refractivity contribution in [2.24, 2.45) is 5.92 Å². The summed E-state index contributed by atoms with van der Waals surface area (Å²) in [5, 5.41) is 2.76. The molecule has 1 aromatic rings. The first-order valence-corrected chi connectivity index (χ1v) is 4.94. The molecule has 1 aromatic carbocycles. The first kappa shape index (κ1) is 9.96. The minimum absolute atomic E-state index is 0.0586. The van der Waals surface area contributed by atoms with Gasteiger partial charge in [0.2, 0.25) is 0 Å². The van der Waals surface area contributed by atoms with Crippen LogP contribution in [-0.4, -0.2) is 11.9 Å². The van der Waals surface area contributed by atoms with E-state index in [4.69, 9.17) is 5.73 Å². The smallest absolute Gasteiger partial charge is 0.254 e. The van der Waals surface area contributed by atoms with Gasteiger partial charge in [0, 0.05) is 11.7 Å². The zero-order valence-corrected chi connectivity index (χ0v) is 8.46. The van der Waals surface area contributed by atoms with Crippen LogP contribution in [0, 0.1) is 11.7 Å². The van der Waals surface area contributed by atoms with Crippen LogP contribution in [-0.2, 0) is 0 Å². The summed E-state index contributed by atoms with van der Waals surface area (Å²) < 4.78 is 13.3. The SMILES string of the molecule is CC1CC1NC(=O)c1ccc(N)cc1F. The van der Waals surface area contributed by atoms with Gasteiger partial charge in [-0.3, -0.25) is 4.79 Å². The maximum absolute atomic E-state index is 13.3. The lowest BCUT2D eigenvalue weighted by Gasteiger charge is -2.05. The molecule has 0 aliphatic heterocycles. The Morgan fingerprint density at radius 1 is 1.60 bits per heavy atom. The number of halogens is 1. The Balaban J connectivity index is 2.11. The van der Waals surface area contributed by atoms with Gasteiger partial charge in [0.15, 0.2) is 0 Å². The predicted molar refractivity (Wildman–Crippen MR) is 55.8 cm³/mol. The number of nitrogens with one attached hydrogen (secondary N) is 1. The minimum Gasteiger partial charge on any atom is -0.399 e. The summed E-state index contributed by atoms with van der Waals surface area (Å²) in [6.45, 7) is 2.05. The number of nitrogen functional groups attached to an aromatic ring is 1. The number of carbonyl (C=O) groups is 1. The standard InChI is InChI=1S/C11H13FN2O/c1-6-4-10(6)14-11(15)8-3-2-7(13)5-9(8)12/h2-3,5-6,10H,4,13H2,1H3,(H,14,15). The molecule has 0 saturated heterocycles. The van der Waals surface area contributed by atoms with Crippen molar-refractivity contribution < 1.29 is 9.18 Å². The number of benzene rings is 1. The van der Waals surface area contributed by atoms with Crippen molar-refractivity contribution in [2.45, 2.75) is 19.4 Å². The number of hydrogen-bond donors (Lipinski definition) is 2. The van der Waals surface area contributed by atoms with Gasteiger partial charge in [-0.2, -0.15) is 0 Å². The van der Waals surface area contributed by atoms with Crippen LogP contribution in [0.4, 0.5) is 10.1 Å². The Morgan fingerprint density at radius 3 is 2.80 bits per heavy atom. The number of amides is 1. The van der Waals surface area contributed by atoms with Gasteiger partial charge in [-0.15, -0.1) is 0 Å². The average molecular weight is 208 g/mol. The van der Waals surface area contributed by atoms with Crippen LogP contribution < -0.4 is 11.1 Å². The van der Waals surface area contributed by atoms with Crippen LogP contribution in [0.15, 0.2) is 18.2 Å². The van der Waals surface area contributed by atoms with E-state index in [0.29, 0.717) is 11.6 Å². The van der Waals surface area contributed by atoms with Crippen LogP contribution in [0.2, 0.25) is 0 Å². The molecule has 3 nitrogen and oxygen atoms in total. The van der Waals surface area contributed by atoms with Crippen molar-refractivity contribution in [3.8, 4) is 0 Å². The third kappa shape index (κ3) is 2.09. The molecule has 0 bridgehead atoms. The molecule has 2 unspecified atom stereocenters. The Hall–Kier alpha value is -1.58. The van der Waals surface area contributed by atoms with E-state index in [1.54, 1.807) is 0 Å². The second-order valence-electron chi connectivity index (χ2n) is 4.03. The summed E-state index contributed by atoms with van der Waals surface area (Å²) in [7, 11) is 0. The van der Waals surface area contributed by atoms with Crippen LogP contribution in [0.1, 0.15) is 23.7 Å². The molecule has 1 amide bonds. The molecule has 15 heavy (non-hydrogen) atoms. The van der Waals surface area contributed by atoms with Gasteiger partial charge in [0.25, 0.3) is 5.91 Å². The Kier molecular flexibility index (Phi) is 2.34. The Labute approximate surface area is 87.5 Å². The molecule has 2 rings (SSSR count). The molecule has 1 fully saturated rings. The number of nitrogens with two attached hydrogens (primary N) is 1. The fraction of sp³-hybridized carbons (Fsp3) is 0.364. The van der Waals surface area contributed by atoms with E-state index >= 15 is 0 Å². The summed E-state index contributed by atoms with van der Waals surface area (Å²) in [5.41, 5.74) is 5.77. The molecular weight excluding hydrogens is 195 g/mol. The molecule has 2 atom stereocenters. The van der Waals surface area contributed by atoms with Crippen LogP contribution >= 0.6 is 0 Å². The first-order chi connectivity index (χ1) is 7.08. The zero-order chi connectivity index (χ0) is 11.0. The first-order valence-electron chi connectivity index (χ1n) is 4.94. The number of rotatable bonds is 2. The van der Waals surface area contributed by atoms with Crippen molar-refractivity contribution in [3.05, 3.63) is 29.6 Å². The Bertz CT molecular complexity index is 406. The molecule has 1 saturated carbocycles. The van der Waals surface area contributed by atoms with Crippen LogP contribution in [0.5, 0.6) is 0 Å². The Morgan fingerprint density at radius 2 is 2.27 bits per heavy atom. The van der Waals surface area contributed by atoms with Gasteiger partial charge in [-0.1, -0.05) is 6.92 Å². The molecule has 1 aliphatic carbocycles. The van der Waals surface area contributed by atoms with Gasteiger partial charge < -0.3 is 11.1 Å².